The minimum atomic E-state index is -0.400. The predicted molar refractivity (Wildman–Crippen MR) is 95.3 cm³/mol. The standard InChI is InChI=1S/C20H32N2O2/c1-19-7-6-12(23)8-11(19)4-5-13-14-9-16(24)18(21)20(14,2)10-15(22-3)17(13)19/h4-5,12,14-18,22-24H,6-10,21H2,1-3H3/t12?,14-,15?,16?,17-,18?,19-,20-/m0/s1. The SMILES string of the molecule is CNC1C[C@]2(C)C(N)C(O)C[C@H]2C2=CC=C3CC(O)CC[C@]3(C)[C@@H]21. The van der Waals surface area contributed by atoms with Crippen molar-refractivity contribution in [3.05, 3.63) is 23.3 Å². The largest absolute Gasteiger partial charge is 0.393 e. The summed E-state index contributed by atoms with van der Waals surface area (Å²) in [6, 6.07) is 0.226. The van der Waals surface area contributed by atoms with Gasteiger partial charge in [-0.25, -0.2) is 0 Å². The molecule has 0 aromatic carbocycles. The maximum absolute atomic E-state index is 10.5. The third kappa shape index (κ3) is 2.06. The third-order valence-electron chi connectivity index (χ3n) is 7.99. The van der Waals surface area contributed by atoms with E-state index in [0.29, 0.717) is 17.9 Å². The molecule has 0 bridgehead atoms. The van der Waals surface area contributed by atoms with Gasteiger partial charge in [0.2, 0.25) is 0 Å². The molecule has 4 rings (SSSR count). The highest BCUT2D eigenvalue weighted by Crippen LogP contribution is 2.62. The Morgan fingerprint density at radius 1 is 1.25 bits per heavy atom. The molecule has 3 saturated carbocycles. The van der Waals surface area contributed by atoms with Crippen molar-refractivity contribution in [2.24, 2.45) is 28.4 Å². The highest BCUT2D eigenvalue weighted by Gasteiger charge is 2.60. The zero-order chi connectivity index (χ0) is 17.3. The summed E-state index contributed by atoms with van der Waals surface area (Å²) in [5.74, 6) is 0.823. The summed E-state index contributed by atoms with van der Waals surface area (Å²) in [7, 11) is 2.06. The molecule has 0 saturated heterocycles. The van der Waals surface area contributed by atoms with Gasteiger partial charge in [-0.15, -0.1) is 0 Å². The van der Waals surface area contributed by atoms with Crippen molar-refractivity contribution in [2.45, 2.75) is 70.2 Å². The lowest BCUT2D eigenvalue weighted by Crippen LogP contribution is -2.58. The Bertz CT molecular complexity index is 600. The normalized spacial score (nSPS) is 53.6. The van der Waals surface area contributed by atoms with E-state index >= 15 is 0 Å². The first kappa shape index (κ1) is 16.8. The van der Waals surface area contributed by atoms with Crippen LogP contribution >= 0.6 is 0 Å². The van der Waals surface area contributed by atoms with Crippen molar-refractivity contribution in [1.29, 1.82) is 0 Å². The maximum atomic E-state index is 10.5. The second kappa shape index (κ2) is 5.41. The van der Waals surface area contributed by atoms with Gasteiger partial charge in [0.05, 0.1) is 12.2 Å². The van der Waals surface area contributed by atoms with Gasteiger partial charge in [0.25, 0.3) is 0 Å². The number of nitrogens with one attached hydrogen (secondary N) is 1. The Balaban J connectivity index is 1.80. The van der Waals surface area contributed by atoms with E-state index < -0.39 is 6.10 Å². The van der Waals surface area contributed by atoms with Gasteiger partial charge < -0.3 is 21.3 Å². The van der Waals surface area contributed by atoms with Gasteiger partial charge in [-0.2, -0.15) is 0 Å². The molecule has 4 aliphatic carbocycles. The van der Waals surface area contributed by atoms with Gasteiger partial charge in [0.15, 0.2) is 0 Å². The van der Waals surface area contributed by atoms with E-state index in [0.717, 1.165) is 32.1 Å². The molecule has 4 aliphatic rings. The molecule has 4 heteroatoms. The molecule has 3 fully saturated rings. The molecular formula is C20H32N2O2. The van der Waals surface area contributed by atoms with Crippen molar-refractivity contribution in [2.75, 3.05) is 7.05 Å². The number of aliphatic hydroxyl groups excluding tert-OH is 2. The van der Waals surface area contributed by atoms with Crippen molar-refractivity contribution in [3.63, 3.8) is 0 Å². The Kier molecular flexibility index (Phi) is 3.78. The number of rotatable bonds is 1. The summed E-state index contributed by atoms with van der Waals surface area (Å²) in [5, 5.41) is 24.1. The first-order chi connectivity index (χ1) is 11.3. The lowest BCUT2D eigenvalue weighted by atomic mass is 9.49. The first-order valence-electron chi connectivity index (χ1n) is 9.51. The van der Waals surface area contributed by atoms with E-state index in [4.69, 9.17) is 5.73 Å². The average Bonchev–Trinajstić information content (AvgIpc) is 2.78. The molecule has 134 valence electrons. The highest BCUT2D eigenvalue weighted by molar-refractivity contribution is 5.41. The Hall–Kier alpha value is -0.680. The molecule has 0 spiro atoms. The zero-order valence-corrected chi connectivity index (χ0v) is 15.1. The Labute approximate surface area is 145 Å². The van der Waals surface area contributed by atoms with Crippen LogP contribution < -0.4 is 11.1 Å². The molecule has 5 N–H and O–H groups in total. The van der Waals surface area contributed by atoms with E-state index in [2.05, 4.69) is 38.4 Å². The number of allylic oxidation sites excluding steroid dienone is 2. The molecule has 0 aliphatic heterocycles. The van der Waals surface area contributed by atoms with E-state index in [-0.39, 0.29) is 23.0 Å². The van der Waals surface area contributed by atoms with Crippen LogP contribution in [0.25, 0.3) is 0 Å². The molecular weight excluding hydrogens is 300 g/mol. The van der Waals surface area contributed by atoms with Crippen LogP contribution in [0.5, 0.6) is 0 Å². The number of hydrogen-bond acceptors (Lipinski definition) is 4. The van der Waals surface area contributed by atoms with Crippen LogP contribution in [0, 0.1) is 22.7 Å². The first-order valence-corrected chi connectivity index (χ1v) is 9.51. The lowest BCUT2D eigenvalue weighted by molar-refractivity contribution is 0.0322. The molecule has 0 aromatic rings. The minimum absolute atomic E-state index is 0.0364. The fraction of sp³-hybridized carbons (Fsp3) is 0.800. The van der Waals surface area contributed by atoms with Crippen LogP contribution in [0.3, 0.4) is 0 Å². The second-order valence-corrected chi connectivity index (χ2v) is 9.14. The molecule has 0 amide bonds. The number of hydrogen-bond donors (Lipinski definition) is 4. The predicted octanol–water partition coefficient (Wildman–Crippen LogP) is 1.73. The Morgan fingerprint density at radius 2 is 2.00 bits per heavy atom. The molecule has 4 nitrogen and oxygen atoms in total. The van der Waals surface area contributed by atoms with Crippen LogP contribution in [0.15, 0.2) is 23.3 Å². The number of nitrogens with two attached hydrogens (primary N) is 1. The van der Waals surface area contributed by atoms with Crippen LogP contribution in [0.4, 0.5) is 0 Å². The maximum Gasteiger partial charge on any atom is 0.0702 e. The van der Waals surface area contributed by atoms with Gasteiger partial charge in [-0.1, -0.05) is 37.1 Å². The van der Waals surface area contributed by atoms with Crippen LogP contribution in [0.1, 0.15) is 46.0 Å². The molecule has 24 heavy (non-hydrogen) atoms. The van der Waals surface area contributed by atoms with Crippen LogP contribution in [-0.2, 0) is 0 Å². The highest BCUT2D eigenvalue weighted by atomic mass is 16.3. The summed E-state index contributed by atoms with van der Waals surface area (Å²) in [5.41, 5.74) is 9.41. The van der Waals surface area contributed by atoms with Gasteiger partial charge >= 0.3 is 0 Å². The second-order valence-electron chi connectivity index (χ2n) is 9.14. The van der Waals surface area contributed by atoms with Crippen molar-refractivity contribution in [1.82, 2.24) is 5.32 Å². The summed E-state index contributed by atoms with van der Waals surface area (Å²) in [4.78, 5) is 0. The summed E-state index contributed by atoms with van der Waals surface area (Å²) >= 11 is 0. The van der Waals surface area contributed by atoms with Gasteiger partial charge in [-0.05, 0) is 55.9 Å². The van der Waals surface area contributed by atoms with Gasteiger partial charge in [-0.3, -0.25) is 0 Å². The quantitative estimate of drug-likeness (QED) is 0.590. The zero-order valence-electron chi connectivity index (χ0n) is 15.1. The van der Waals surface area contributed by atoms with Gasteiger partial charge in [0, 0.05) is 18.0 Å². The van der Waals surface area contributed by atoms with E-state index in [1.165, 1.54) is 11.1 Å². The Morgan fingerprint density at radius 3 is 2.71 bits per heavy atom. The van der Waals surface area contributed by atoms with Gasteiger partial charge in [0.1, 0.15) is 0 Å². The molecule has 8 atom stereocenters. The summed E-state index contributed by atoms with van der Waals surface area (Å²) < 4.78 is 0. The number of fused-ring (bicyclic) bond motifs is 5. The van der Waals surface area contributed by atoms with E-state index in [9.17, 15) is 10.2 Å². The van der Waals surface area contributed by atoms with E-state index in [1.807, 2.05) is 0 Å². The van der Waals surface area contributed by atoms with Crippen molar-refractivity contribution in [3.8, 4) is 0 Å². The molecule has 4 unspecified atom stereocenters. The lowest BCUT2D eigenvalue weighted by Gasteiger charge is -2.57. The van der Waals surface area contributed by atoms with E-state index in [1.54, 1.807) is 0 Å². The number of aliphatic hydroxyl groups is 2. The molecule has 0 radical (unpaired) electrons. The minimum Gasteiger partial charge on any atom is -0.393 e. The van der Waals surface area contributed by atoms with Crippen LogP contribution in [-0.4, -0.2) is 41.6 Å². The molecule has 0 heterocycles. The summed E-state index contributed by atoms with van der Waals surface area (Å²) in [6.07, 6.45) is 8.51. The van der Waals surface area contributed by atoms with Crippen LogP contribution in [0.2, 0.25) is 0 Å². The van der Waals surface area contributed by atoms with Crippen molar-refractivity contribution >= 4 is 0 Å². The summed E-state index contributed by atoms with van der Waals surface area (Å²) in [6.45, 7) is 4.66. The monoisotopic (exact) mass is 332 g/mol. The topological polar surface area (TPSA) is 78.5 Å². The average molecular weight is 332 g/mol. The third-order valence-corrected chi connectivity index (χ3v) is 7.99. The van der Waals surface area contributed by atoms with Crippen molar-refractivity contribution < 1.29 is 10.2 Å². The molecule has 0 aromatic heterocycles. The fourth-order valence-corrected chi connectivity index (χ4v) is 6.49. The fourth-order valence-electron chi connectivity index (χ4n) is 6.49. The smallest absolute Gasteiger partial charge is 0.0702 e.